The maximum Gasteiger partial charge on any atom is 0.243 e. The topological polar surface area (TPSA) is 49.9 Å². The van der Waals surface area contributed by atoms with Crippen molar-refractivity contribution >= 4 is 10.0 Å². The number of hydrogen-bond donors (Lipinski definition) is 0. The van der Waals surface area contributed by atoms with Gasteiger partial charge in [0.1, 0.15) is 5.75 Å². The highest BCUT2D eigenvalue weighted by molar-refractivity contribution is 7.89. The minimum Gasteiger partial charge on any atom is -0.496 e. The zero-order valence-electron chi connectivity index (χ0n) is 16.5. The lowest BCUT2D eigenvalue weighted by molar-refractivity contribution is 0.180. The Bertz CT molecular complexity index is 917. The van der Waals surface area contributed by atoms with Crippen LogP contribution in [-0.4, -0.2) is 50.9 Å². The molecular weight excluding hydrogens is 360 g/mol. The molecule has 2 aromatic carbocycles. The summed E-state index contributed by atoms with van der Waals surface area (Å²) in [5.41, 5.74) is 4.44. The van der Waals surface area contributed by atoms with Crippen LogP contribution in [0.4, 0.5) is 0 Å². The molecule has 0 N–H and O–H groups in total. The molecule has 1 aliphatic heterocycles. The van der Waals surface area contributed by atoms with Crippen molar-refractivity contribution in [1.29, 1.82) is 0 Å². The van der Waals surface area contributed by atoms with Crippen LogP contribution < -0.4 is 4.74 Å². The summed E-state index contributed by atoms with van der Waals surface area (Å²) in [5.74, 6) is 0.880. The first-order chi connectivity index (χ1) is 12.8. The summed E-state index contributed by atoms with van der Waals surface area (Å²) in [5, 5.41) is 0. The Morgan fingerprint density at radius 3 is 2.26 bits per heavy atom. The molecule has 146 valence electrons. The third-order valence-electron chi connectivity index (χ3n) is 5.28. The van der Waals surface area contributed by atoms with Gasteiger partial charge in [-0.15, -0.1) is 0 Å². The fraction of sp³-hybridized carbons (Fsp3) is 0.429. The van der Waals surface area contributed by atoms with E-state index < -0.39 is 10.0 Å². The van der Waals surface area contributed by atoms with Gasteiger partial charge in [0.15, 0.2) is 0 Å². The van der Waals surface area contributed by atoms with Crippen molar-refractivity contribution in [2.45, 2.75) is 32.2 Å². The second-order valence-corrected chi connectivity index (χ2v) is 9.18. The number of hydrogen-bond acceptors (Lipinski definition) is 4. The van der Waals surface area contributed by atoms with E-state index in [-0.39, 0.29) is 0 Å². The van der Waals surface area contributed by atoms with E-state index in [2.05, 4.69) is 17.9 Å². The normalized spacial score (nSPS) is 16.4. The summed E-state index contributed by atoms with van der Waals surface area (Å²) < 4.78 is 33.0. The van der Waals surface area contributed by atoms with Gasteiger partial charge in [-0.05, 0) is 50.1 Å². The highest BCUT2D eigenvalue weighted by atomic mass is 32.2. The predicted molar refractivity (Wildman–Crippen MR) is 108 cm³/mol. The average molecular weight is 389 g/mol. The van der Waals surface area contributed by atoms with Crippen LogP contribution in [0.2, 0.25) is 0 Å². The van der Waals surface area contributed by atoms with Gasteiger partial charge in [0.2, 0.25) is 10.0 Å². The number of methoxy groups -OCH3 is 1. The molecule has 2 aromatic rings. The fourth-order valence-electron chi connectivity index (χ4n) is 3.42. The van der Waals surface area contributed by atoms with E-state index in [4.69, 9.17) is 4.74 Å². The molecule has 0 saturated carbocycles. The van der Waals surface area contributed by atoms with Crippen molar-refractivity contribution in [3.8, 4) is 5.75 Å². The molecule has 0 amide bonds. The van der Waals surface area contributed by atoms with Crippen LogP contribution >= 0.6 is 0 Å². The molecular formula is C21H28N2O3S. The third kappa shape index (κ3) is 4.34. The summed E-state index contributed by atoms with van der Waals surface area (Å²) in [6.45, 7) is 9.19. The van der Waals surface area contributed by atoms with Crippen LogP contribution in [-0.2, 0) is 16.6 Å². The van der Waals surface area contributed by atoms with Gasteiger partial charge < -0.3 is 4.74 Å². The maximum absolute atomic E-state index is 12.9. The van der Waals surface area contributed by atoms with E-state index in [1.165, 1.54) is 5.56 Å². The number of benzene rings is 2. The molecule has 0 radical (unpaired) electrons. The van der Waals surface area contributed by atoms with E-state index in [1.807, 2.05) is 32.0 Å². The van der Waals surface area contributed by atoms with Gasteiger partial charge in [-0.1, -0.05) is 23.8 Å². The molecule has 1 aliphatic rings. The molecule has 3 rings (SSSR count). The summed E-state index contributed by atoms with van der Waals surface area (Å²) in [6, 6.07) is 11.5. The lowest BCUT2D eigenvalue weighted by Gasteiger charge is -2.34. The number of ether oxygens (including phenoxy) is 1. The minimum absolute atomic E-state index is 0.388. The molecule has 0 atom stereocenters. The van der Waals surface area contributed by atoms with Crippen molar-refractivity contribution < 1.29 is 13.2 Å². The number of aryl methyl sites for hydroxylation is 3. The van der Waals surface area contributed by atoms with Gasteiger partial charge in [-0.3, -0.25) is 4.90 Å². The van der Waals surface area contributed by atoms with Crippen molar-refractivity contribution in [3.05, 3.63) is 58.7 Å². The fourth-order valence-corrected chi connectivity index (χ4v) is 4.93. The second kappa shape index (κ2) is 8.00. The molecule has 0 unspecified atom stereocenters. The van der Waals surface area contributed by atoms with Gasteiger partial charge in [-0.2, -0.15) is 4.31 Å². The van der Waals surface area contributed by atoms with E-state index in [0.29, 0.717) is 31.1 Å². The maximum atomic E-state index is 12.9. The van der Waals surface area contributed by atoms with Crippen LogP contribution in [0.25, 0.3) is 0 Å². The van der Waals surface area contributed by atoms with Crippen molar-refractivity contribution in [1.82, 2.24) is 9.21 Å². The quantitative estimate of drug-likeness (QED) is 0.790. The number of nitrogens with zero attached hydrogens (tertiary/aromatic N) is 2. The molecule has 6 heteroatoms. The van der Waals surface area contributed by atoms with Crippen molar-refractivity contribution in [3.63, 3.8) is 0 Å². The molecule has 1 fully saturated rings. The lowest BCUT2D eigenvalue weighted by atomic mass is 10.1. The van der Waals surface area contributed by atoms with Crippen LogP contribution in [0.15, 0.2) is 41.3 Å². The second-order valence-electron chi connectivity index (χ2n) is 7.24. The van der Waals surface area contributed by atoms with Gasteiger partial charge in [0, 0.05) is 38.3 Å². The summed E-state index contributed by atoms with van der Waals surface area (Å²) in [6.07, 6.45) is 0. The Hall–Kier alpha value is -1.89. The average Bonchev–Trinajstić information content (AvgIpc) is 2.64. The Balaban J connectivity index is 1.68. The van der Waals surface area contributed by atoms with Crippen LogP contribution in [0.5, 0.6) is 5.75 Å². The smallest absolute Gasteiger partial charge is 0.243 e. The summed E-state index contributed by atoms with van der Waals surface area (Å²) in [4.78, 5) is 2.67. The number of piperazine rings is 1. The van der Waals surface area contributed by atoms with Crippen molar-refractivity contribution in [2.75, 3.05) is 33.3 Å². The van der Waals surface area contributed by atoms with E-state index >= 15 is 0 Å². The predicted octanol–water partition coefficient (Wildman–Crippen LogP) is 3.13. The first-order valence-electron chi connectivity index (χ1n) is 9.24. The Labute approximate surface area is 162 Å². The SMILES string of the molecule is COc1ccc(C)cc1CN1CCN(S(=O)(=O)c2ccc(C)c(C)c2)CC1. The van der Waals surface area contributed by atoms with Gasteiger partial charge in [0.25, 0.3) is 0 Å². The minimum atomic E-state index is -3.44. The molecule has 0 bridgehead atoms. The van der Waals surface area contributed by atoms with Crippen LogP contribution in [0.1, 0.15) is 22.3 Å². The van der Waals surface area contributed by atoms with E-state index in [1.54, 1.807) is 23.5 Å². The van der Waals surface area contributed by atoms with Gasteiger partial charge >= 0.3 is 0 Å². The molecule has 1 saturated heterocycles. The lowest BCUT2D eigenvalue weighted by Crippen LogP contribution is -2.48. The molecule has 0 aliphatic carbocycles. The van der Waals surface area contributed by atoms with Gasteiger partial charge in [0.05, 0.1) is 12.0 Å². The summed E-state index contributed by atoms with van der Waals surface area (Å²) in [7, 11) is -1.75. The van der Waals surface area contributed by atoms with Crippen molar-refractivity contribution in [2.24, 2.45) is 0 Å². The number of sulfonamides is 1. The zero-order valence-corrected chi connectivity index (χ0v) is 17.3. The van der Waals surface area contributed by atoms with E-state index in [9.17, 15) is 8.42 Å². The molecule has 5 nitrogen and oxygen atoms in total. The summed E-state index contributed by atoms with van der Waals surface area (Å²) >= 11 is 0. The molecule has 0 aromatic heterocycles. The first-order valence-corrected chi connectivity index (χ1v) is 10.7. The molecule has 0 spiro atoms. The van der Waals surface area contributed by atoms with Crippen LogP contribution in [0.3, 0.4) is 0 Å². The zero-order chi connectivity index (χ0) is 19.6. The molecule has 1 heterocycles. The Morgan fingerprint density at radius 1 is 0.926 bits per heavy atom. The van der Waals surface area contributed by atoms with Crippen LogP contribution in [0, 0.1) is 20.8 Å². The monoisotopic (exact) mass is 388 g/mol. The molecule has 27 heavy (non-hydrogen) atoms. The van der Waals surface area contributed by atoms with E-state index in [0.717, 1.165) is 29.0 Å². The Morgan fingerprint density at radius 2 is 1.63 bits per heavy atom. The standard InChI is InChI=1S/C21H28N2O3S/c1-16-5-8-21(26-4)19(13-16)15-22-9-11-23(12-10-22)27(24,25)20-7-6-17(2)18(3)14-20/h5-8,13-14H,9-12,15H2,1-4H3. The van der Waals surface area contributed by atoms with Gasteiger partial charge in [-0.25, -0.2) is 8.42 Å². The highest BCUT2D eigenvalue weighted by Gasteiger charge is 2.28. The third-order valence-corrected chi connectivity index (χ3v) is 7.17. The largest absolute Gasteiger partial charge is 0.496 e. The highest BCUT2D eigenvalue weighted by Crippen LogP contribution is 2.24. The Kier molecular flexibility index (Phi) is 5.89. The first kappa shape index (κ1) is 19.9. The number of rotatable bonds is 5.